The second kappa shape index (κ2) is 6.56. The first kappa shape index (κ1) is 17.2. The molecule has 5 nitrogen and oxygen atoms in total. The monoisotopic (exact) mass is 327 g/mol. The first-order chi connectivity index (χ1) is 10.3. The molecular weight excluding hydrogens is 302 g/mol. The van der Waals surface area contributed by atoms with Gasteiger partial charge in [0.1, 0.15) is 5.75 Å². The lowest BCUT2D eigenvalue weighted by molar-refractivity contribution is -0.0232. The molecule has 2 rings (SSSR count). The number of benzene rings is 1. The van der Waals surface area contributed by atoms with E-state index in [1.807, 2.05) is 34.6 Å². The van der Waals surface area contributed by atoms with Crippen LogP contribution in [0.15, 0.2) is 17.0 Å². The molecule has 0 N–H and O–H groups in total. The molecule has 0 aromatic heterocycles. The summed E-state index contributed by atoms with van der Waals surface area (Å²) in [5.41, 5.74) is 1.54. The Bertz CT molecular complexity index is 642. The predicted octanol–water partition coefficient (Wildman–Crippen LogP) is 2.50. The molecule has 0 amide bonds. The van der Waals surface area contributed by atoms with Gasteiger partial charge in [-0.3, -0.25) is 0 Å². The molecule has 22 heavy (non-hydrogen) atoms. The van der Waals surface area contributed by atoms with Crippen molar-refractivity contribution in [2.75, 3.05) is 19.8 Å². The average Bonchev–Trinajstić information content (AvgIpc) is 2.45. The Morgan fingerprint density at radius 2 is 1.95 bits per heavy atom. The molecule has 0 aliphatic carbocycles. The van der Waals surface area contributed by atoms with Crippen LogP contribution in [-0.2, 0) is 14.8 Å². The van der Waals surface area contributed by atoms with E-state index in [4.69, 9.17) is 9.47 Å². The first-order valence-corrected chi connectivity index (χ1v) is 9.10. The van der Waals surface area contributed by atoms with E-state index >= 15 is 0 Å². The largest absolute Gasteiger partial charge is 0.494 e. The van der Waals surface area contributed by atoms with Gasteiger partial charge in [-0.05, 0) is 57.9 Å². The Labute approximate surface area is 133 Å². The van der Waals surface area contributed by atoms with Crippen LogP contribution >= 0.6 is 0 Å². The number of sulfonamides is 1. The normalized spacial score (nSPS) is 23.5. The summed E-state index contributed by atoms with van der Waals surface area (Å²) in [6, 6.07) is 3.34. The molecule has 6 heteroatoms. The summed E-state index contributed by atoms with van der Waals surface area (Å²) in [5.74, 6) is 0.738. The number of morpholine rings is 1. The fourth-order valence-corrected chi connectivity index (χ4v) is 4.69. The minimum absolute atomic E-state index is 0.104. The standard InChI is InChI=1S/C16H25NO4S/c1-6-20-15-9-12(3)16(10-11(15)2)22(18,19)17-7-8-21-14(5)13(17)4/h9-10,13-14H,6-8H2,1-5H3. The highest BCUT2D eigenvalue weighted by Crippen LogP contribution is 2.30. The summed E-state index contributed by atoms with van der Waals surface area (Å²) < 4.78 is 38.6. The van der Waals surface area contributed by atoms with Gasteiger partial charge < -0.3 is 9.47 Å². The predicted molar refractivity (Wildman–Crippen MR) is 85.9 cm³/mol. The Balaban J connectivity index is 2.43. The Morgan fingerprint density at radius 3 is 2.59 bits per heavy atom. The molecule has 1 saturated heterocycles. The summed E-state index contributed by atoms with van der Waals surface area (Å²) in [6.45, 7) is 10.8. The molecule has 0 bridgehead atoms. The lowest BCUT2D eigenvalue weighted by atomic mass is 10.1. The molecule has 2 unspecified atom stereocenters. The summed E-state index contributed by atoms with van der Waals surface area (Å²) in [4.78, 5) is 0.356. The van der Waals surface area contributed by atoms with Crippen LogP contribution in [0, 0.1) is 13.8 Å². The zero-order valence-electron chi connectivity index (χ0n) is 13.9. The molecule has 1 fully saturated rings. The maximum atomic E-state index is 13.0. The quantitative estimate of drug-likeness (QED) is 0.852. The number of ether oxygens (including phenoxy) is 2. The van der Waals surface area contributed by atoms with Gasteiger partial charge in [0, 0.05) is 12.6 Å². The van der Waals surface area contributed by atoms with E-state index < -0.39 is 10.0 Å². The molecule has 124 valence electrons. The van der Waals surface area contributed by atoms with E-state index in [-0.39, 0.29) is 12.1 Å². The van der Waals surface area contributed by atoms with Crippen LogP contribution in [0.25, 0.3) is 0 Å². The zero-order valence-corrected chi connectivity index (χ0v) is 14.7. The van der Waals surface area contributed by atoms with E-state index in [0.29, 0.717) is 30.2 Å². The van der Waals surface area contributed by atoms with Gasteiger partial charge in [0.2, 0.25) is 10.0 Å². The third kappa shape index (κ3) is 3.14. The Morgan fingerprint density at radius 1 is 1.27 bits per heavy atom. The smallest absolute Gasteiger partial charge is 0.243 e. The van der Waals surface area contributed by atoms with Crippen molar-refractivity contribution in [1.82, 2.24) is 4.31 Å². The lowest BCUT2D eigenvalue weighted by Crippen LogP contribution is -2.51. The van der Waals surface area contributed by atoms with Gasteiger partial charge in [0.25, 0.3) is 0 Å². The van der Waals surface area contributed by atoms with Crippen LogP contribution in [0.2, 0.25) is 0 Å². The molecule has 1 aliphatic heterocycles. The van der Waals surface area contributed by atoms with Gasteiger partial charge in [-0.1, -0.05) is 0 Å². The van der Waals surface area contributed by atoms with Crippen LogP contribution in [0.3, 0.4) is 0 Å². The topological polar surface area (TPSA) is 55.8 Å². The van der Waals surface area contributed by atoms with Crippen LogP contribution in [0.5, 0.6) is 5.75 Å². The van der Waals surface area contributed by atoms with Crippen LogP contribution in [-0.4, -0.2) is 44.6 Å². The average molecular weight is 327 g/mol. The minimum Gasteiger partial charge on any atom is -0.494 e. The third-order valence-electron chi connectivity index (χ3n) is 4.19. The maximum absolute atomic E-state index is 13.0. The highest BCUT2D eigenvalue weighted by Gasteiger charge is 2.36. The van der Waals surface area contributed by atoms with E-state index in [1.54, 1.807) is 16.4 Å². The van der Waals surface area contributed by atoms with E-state index in [1.165, 1.54) is 0 Å². The highest BCUT2D eigenvalue weighted by atomic mass is 32.2. The second-order valence-electron chi connectivity index (χ2n) is 5.75. The molecule has 1 heterocycles. The summed E-state index contributed by atoms with van der Waals surface area (Å²) in [6.07, 6.45) is -0.104. The fraction of sp³-hybridized carbons (Fsp3) is 0.625. The van der Waals surface area contributed by atoms with E-state index in [0.717, 1.165) is 11.3 Å². The molecule has 0 radical (unpaired) electrons. The molecule has 1 aromatic rings. The second-order valence-corrected chi connectivity index (χ2v) is 7.61. The third-order valence-corrected chi connectivity index (χ3v) is 6.31. The summed E-state index contributed by atoms with van der Waals surface area (Å²) in [5, 5.41) is 0. The van der Waals surface area contributed by atoms with Crippen LogP contribution < -0.4 is 4.74 Å². The van der Waals surface area contributed by atoms with Gasteiger partial charge in [-0.15, -0.1) is 0 Å². The number of nitrogens with zero attached hydrogens (tertiary/aromatic N) is 1. The molecule has 1 aromatic carbocycles. The van der Waals surface area contributed by atoms with Gasteiger partial charge in [0.05, 0.1) is 24.2 Å². The SMILES string of the molecule is CCOc1cc(C)c(S(=O)(=O)N2CCOC(C)C2C)cc1C. The number of rotatable bonds is 4. The van der Waals surface area contributed by atoms with Crippen molar-refractivity contribution < 1.29 is 17.9 Å². The first-order valence-electron chi connectivity index (χ1n) is 7.66. The fourth-order valence-electron chi connectivity index (χ4n) is 2.72. The number of hydrogen-bond acceptors (Lipinski definition) is 4. The number of hydrogen-bond donors (Lipinski definition) is 0. The molecule has 0 spiro atoms. The Kier molecular flexibility index (Phi) is 5.14. The van der Waals surface area contributed by atoms with E-state index in [9.17, 15) is 8.42 Å². The van der Waals surface area contributed by atoms with Gasteiger partial charge in [0.15, 0.2) is 0 Å². The maximum Gasteiger partial charge on any atom is 0.243 e. The van der Waals surface area contributed by atoms with Crippen LogP contribution in [0.4, 0.5) is 0 Å². The van der Waals surface area contributed by atoms with Gasteiger partial charge in [-0.25, -0.2) is 8.42 Å². The van der Waals surface area contributed by atoms with Crippen LogP contribution in [0.1, 0.15) is 31.9 Å². The van der Waals surface area contributed by atoms with Crippen molar-refractivity contribution in [3.8, 4) is 5.75 Å². The van der Waals surface area contributed by atoms with Crippen molar-refractivity contribution in [3.63, 3.8) is 0 Å². The van der Waals surface area contributed by atoms with Gasteiger partial charge >= 0.3 is 0 Å². The summed E-state index contributed by atoms with van der Waals surface area (Å²) >= 11 is 0. The molecule has 2 atom stereocenters. The zero-order chi connectivity index (χ0) is 16.5. The minimum atomic E-state index is -3.53. The summed E-state index contributed by atoms with van der Waals surface area (Å²) in [7, 11) is -3.53. The van der Waals surface area contributed by atoms with E-state index in [2.05, 4.69) is 0 Å². The van der Waals surface area contributed by atoms with Crippen molar-refractivity contribution in [2.45, 2.75) is 51.7 Å². The van der Waals surface area contributed by atoms with Crippen molar-refractivity contribution in [2.24, 2.45) is 0 Å². The molecule has 0 saturated carbocycles. The molecule has 1 aliphatic rings. The van der Waals surface area contributed by atoms with Crippen molar-refractivity contribution >= 4 is 10.0 Å². The lowest BCUT2D eigenvalue weighted by Gasteiger charge is -2.37. The number of aryl methyl sites for hydroxylation is 2. The molecular formula is C16H25NO4S. The van der Waals surface area contributed by atoms with Crippen molar-refractivity contribution in [3.05, 3.63) is 23.3 Å². The highest BCUT2D eigenvalue weighted by molar-refractivity contribution is 7.89. The Hall–Kier alpha value is -1.11. The van der Waals surface area contributed by atoms with Gasteiger partial charge in [-0.2, -0.15) is 4.31 Å². The van der Waals surface area contributed by atoms with Crippen molar-refractivity contribution in [1.29, 1.82) is 0 Å².